The lowest BCUT2D eigenvalue weighted by Crippen LogP contribution is -3.00. The van der Waals surface area contributed by atoms with E-state index in [0.29, 0.717) is 0 Å². The lowest BCUT2D eigenvalue weighted by molar-refractivity contribution is -0.885. The van der Waals surface area contributed by atoms with Gasteiger partial charge in [0.1, 0.15) is 0 Å². The molecule has 92 valence electrons. The molecule has 0 amide bonds. The van der Waals surface area contributed by atoms with Gasteiger partial charge in [-0.05, 0) is 31.2 Å². The molecule has 0 aromatic heterocycles. The molecule has 1 nitrogen and oxygen atoms in total. The van der Waals surface area contributed by atoms with Crippen LogP contribution in [0, 0.1) is 0 Å². The van der Waals surface area contributed by atoms with E-state index in [1.807, 2.05) is 11.8 Å². The Bertz CT molecular complexity index is 300. The number of hydrogen-bond donors (Lipinski definition) is 0. The van der Waals surface area contributed by atoms with Crippen molar-refractivity contribution in [3.63, 3.8) is 0 Å². The van der Waals surface area contributed by atoms with Gasteiger partial charge < -0.3 is 28.5 Å². The fourth-order valence-electron chi connectivity index (χ4n) is 1.10. The monoisotopic (exact) mass is 415 g/mol. The number of hydrogen-bond acceptors (Lipinski definition) is 1. The van der Waals surface area contributed by atoms with Crippen LogP contribution in [0.15, 0.2) is 33.6 Å². The summed E-state index contributed by atoms with van der Waals surface area (Å²) in [7, 11) is 4.56. The first-order valence-corrected chi connectivity index (χ1v) is 7.02. The first-order chi connectivity index (χ1) is 7.03. The lowest BCUT2D eigenvalue weighted by Gasteiger charge is -2.27. The quantitative estimate of drug-likeness (QED) is 0.386. The summed E-state index contributed by atoms with van der Waals surface area (Å²) in [5, 5.41) is 0. The molecule has 4 heteroatoms. The topological polar surface area (TPSA) is 0 Å². The van der Waals surface area contributed by atoms with Crippen LogP contribution in [0.2, 0.25) is 0 Å². The van der Waals surface area contributed by atoms with Crippen molar-refractivity contribution in [1.82, 2.24) is 0 Å². The molecule has 0 unspecified atom stereocenters. The zero-order valence-corrected chi connectivity index (χ0v) is 14.6. The standard InChI is InChI=1S/C12H19BrNS.HI/c1-4-14(2,3)9-10-15-12-7-5-11(13)6-8-12;/h5-8H,4,9-10H2,1-3H3;1H/q+1;/p-1. The van der Waals surface area contributed by atoms with Crippen LogP contribution in [0.1, 0.15) is 6.92 Å². The molecule has 0 radical (unpaired) electrons. The van der Waals surface area contributed by atoms with E-state index >= 15 is 0 Å². The Morgan fingerprint density at radius 2 is 1.75 bits per heavy atom. The van der Waals surface area contributed by atoms with Gasteiger partial charge in [-0.25, -0.2) is 0 Å². The summed E-state index contributed by atoms with van der Waals surface area (Å²) in [4.78, 5) is 1.36. The molecule has 16 heavy (non-hydrogen) atoms. The molecule has 0 saturated heterocycles. The molecule has 0 spiro atoms. The average molecular weight is 416 g/mol. The minimum atomic E-state index is 0. The number of benzene rings is 1. The van der Waals surface area contributed by atoms with E-state index < -0.39 is 0 Å². The van der Waals surface area contributed by atoms with Crippen LogP contribution >= 0.6 is 27.7 Å². The molecule has 0 heterocycles. The number of quaternary nitrogens is 1. The van der Waals surface area contributed by atoms with Gasteiger partial charge >= 0.3 is 0 Å². The van der Waals surface area contributed by atoms with Gasteiger partial charge in [0, 0.05) is 15.1 Å². The Balaban J connectivity index is 0.00000225. The summed E-state index contributed by atoms with van der Waals surface area (Å²) in [6.45, 7) is 4.66. The van der Waals surface area contributed by atoms with Crippen molar-refractivity contribution < 1.29 is 28.5 Å². The Hall–Kier alpha value is 0.740. The minimum Gasteiger partial charge on any atom is -1.00 e. The van der Waals surface area contributed by atoms with Crippen molar-refractivity contribution in [2.24, 2.45) is 0 Å². The molecule has 0 aliphatic rings. The molecule has 0 fully saturated rings. The zero-order chi connectivity index (χ0) is 11.3. The third-order valence-electron chi connectivity index (χ3n) is 2.64. The van der Waals surface area contributed by atoms with Gasteiger partial charge in [-0.1, -0.05) is 15.9 Å². The van der Waals surface area contributed by atoms with Gasteiger partial charge in [-0.15, -0.1) is 11.8 Å². The highest BCUT2D eigenvalue weighted by Crippen LogP contribution is 2.20. The lowest BCUT2D eigenvalue weighted by atomic mass is 10.4. The molecular weight excluding hydrogens is 397 g/mol. The second-order valence-electron chi connectivity index (χ2n) is 4.28. The van der Waals surface area contributed by atoms with E-state index in [1.54, 1.807) is 0 Å². The minimum absolute atomic E-state index is 0. The SMILES string of the molecule is CC[N+](C)(C)CCSc1ccc(Br)cc1.[I-]. The van der Waals surface area contributed by atoms with Crippen LogP contribution < -0.4 is 24.0 Å². The Kier molecular flexibility index (Phi) is 8.32. The van der Waals surface area contributed by atoms with Crippen molar-refractivity contribution in [1.29, 1.82) is 0 Å². The summed E-state index contributed by atoms with van der Waals surface area (Å²) in [5.74, 6) is 1.18. The van der Waals surface area contributed by atoms with Crippen molar-refractivity contribution in [3.8, 4) is 0 Å². The van der Waals surface area contributed by atoms with Gasteiger partial charge in [0.05, 0.1) is 27.2 Å². The van der Waals surface area contributed by atoms with Crippen LogP contribution in [0.25, 0.3) is 0 Å². The third-order valence-corrected chi connectivity index (χ3v) is 4.16. The molecule has 1 rings (SSSR count). The first-order valence-electron chi connectivity index (χ1n) is 5.24. The molecule has 1 aromatic rings. The molecule has 0 saturated carbocycles. The van der Waals surface area contributed by atoms with Crippen molar-refractivity contribution in [2.75, 3.05) is 32.9 Å². The van der Waals surface area contributed by atoms with E-state index in [9.17, 15) is 0 Å². The smallest absolute Gasteiger partial charge is 0.0877 e. The van der Waals surface area contributed by atoms with Gasteiger partial charge in [0.15, 0.2) is 0 Å². The highest BCUT2D eigenvalue weighted by atomic mass is 127. The molecule has 0 atom stereocenters. The molecule has 0 aliphatic heterocycles. The molecule has 0 N–H and O–H groups in total. The summed E-state index contributed by atoms with van der Waals surface area (Å²) >= 11 is 5.38. The summed E-state index contributed by atoms with van der Waals surface area (Å²) in [6.07, 6.45) is 0. The zero-order valence-electron chi connectivity index (χ0n) is 10.0. The van der Waals surface area contributed by atoms with Gasteiger partial charge in [-0.3, -0.25) is 0 Å². The van der Waals surface area contributed by atoms with E-state index in [2.05, 4.69) is 61.2 Å². The van der Waals surface area contributed by atoms with Crippen LogP contribution in [0.3, 0.4) is 0 Å². The van der Waals surface area contributed by atoms with Crippen molar-refractivity contribution in [3.05, 3.63) is 28.7 Å². The van der Waals surface area contributed by atoms with Crippen molar-refractivity contribution >= 4 is 27.7 Å². The van der Waals surface area contributed by atoms with Crippen LogP contribution in [0.5, 0.6) is 0 Å². The number of nitrogens with zero attached hydrogens (tertiary/aromatic N) is 1. The van der Waals surface area contributed by atoms with Crippen LogP contribution in [0.4, 0.5) is 0 Å². The van der Waals surface area contributed by atoms with Crippen molar-refractivity contribution in [2.45, 2.75) is 11.8 Å². The highest BCUT2D eigenvalue weighted by Gasteiger charge is 2.10. The number of thioether (sulfide) groups is 1. The Morgan fingerprint density at radius 3 is 2.25 bits per heavy atom. The van der Waals surface area contributed by atoms with E-state index in [1.165, 1.54) is 23.7 Å². The van der Waals surface area contributed by atoms with Gasteiger partial charge in [0.25, 0.3) is 0 Å². The number of halogens is 2. The second kappa shape index (κ2) is 7.95. The van der Waals surface area contributed by atoms with E-state index in [4.69, 9.17) is 0 Å². The first kappa shape index (κ1) is 16.7. The molecule has 1 aromatic carbocycles. The predicted molar refractivity (Wildman–Crippen MR) is 72.4 cm³/mol. The normalized spacial score (nSPS) is 11.0. The molecule has 0 aliphatic carbocycles. The fraction of sp³-hybridized carbons (Fsp3) is 0.500. The maximum absolute atomic E-state index is 3.44. The van der Waals surface area contributed by atoms with Gasteiger partial charge in [0.2, 0.25) is 0 Å². The number of rotatable bonds is 5. The third kappa shape index (κ3) is 6.47. The predicted octanol–water partition coefficient (Wildman–Crippen LogP) is 0.641. The summed E-state index contributed by atoms with van der Waals surface area (Å²) < 4.78 is 2.25. The average Bonchev–Trinajstić information content (AvgIpc) is 2.21. The largest absolute Gasteiger partial charge is 1.00 e. The van der Waals surface area contributed by atoms with Crippen LogP contribution in [-0.4, -0.2) is 37.4 Å². The summed E-state index contributed by atoms with van der Waals surface area (Å²) in [5.41, 5.74) is 0. The Labute approximate surface area is 129 Å². The fourth-order valence-corrected chi connectivity index (χ4v) is 2.51. The maximum atomic E-state index is 3.44. The molecular formula is C12H19BrINS. The maximum Gasteiger partial charge on any atom is 0.0877 e. The highest BCUT2D eigenvalue weighted by molar-refractivity contribution is 9.10. The van der Waals surface area contributed by atoms with E-state index in [0.717, 1.165) is 8.96 Å². The van der Waals surface area contributed by atoms with E-state index in [-0.39, 0.29) is 24.0 Å². The summed E-state index contributed by atoms with van der Waals surface area (Å²) in [6, 6.07) is 8.53. The van der Waals surface area contributed by atoms with Crippen LogP contribution in [-0.2, 0) is 0 Å². The molecule has 0 bridgehead atoms. The Morgan fingerprint density at radius 1 is 1.19 bits per heavy atom. The van der Waals surface area contributed by atoms with Gasteiger partial charge in [-0.2, -0.15) is 0 Å². The second-order valence-corrected chi connectivity index (χ2v) is 6.36.